The topological polar surface area (TPSA) is 49.6 Å². The van der Waals surface area contributed by atoms with Crippen LogP contribution >= 0.6 is 0 Å². The van der Waals surface area contributed by atoms with Crippen molar-refractivity contribution in [2.24, 2.45) is 0 Å². The normalized spacial score (nSPS) is 19.6. The van der Waals surface area contributed by atoms with Crippen LogP contribution in [0.3, 0.4) is 0 Å². The smallest absolute Gasteiger partial charge is 0.256 e. The molecular weight excluding hydrogens is 238 g/mol. The summed E-state index contributed by atoms with van der Waals surface area (Å²) in [6.45, 7) is 3.82. The van der Waals surface area contributed by atoms with Crippen LogP contribution in [-0.2, 0) is 0 Å². The molecule has 4 heteroatoms. The average molecular weight is 261 g/mol. The fourth-order valence-electron chi connectivity index (χ4n) is 2.78. The van der Waals surface area contributed by atoms with Crippen molar-refractivity contribution in [2.75, 3.05) is 32.9 Å². The van der Waals surface area contributed by atoms with E-state index in [1.165, 1.54) is 6.42 Å². The SMILES string of the molecule is Cc1cccc(N)c1C(=O)N(C)CC1CCCN1C. The molecule has 0 radical (unpaired) electrons. The number of rotatable bonds is 3. The quantitative estimate of drug-likeness (QED) is 0.843. The number of carbonyl (C=O) groups is 1. The molecule has 0 aromatic heterocycles. The second-order valence-electron chi connectivity index (χ2n) is 5.50. The van der Waals surface area contributed by atoms with Crippen LogP contribution in [0.4, 0.5) is 5.69 Å². The highest BCUT2D eigenvalue weighted by Crippen LogP contribution is 2.20. The Balaban J connectivity index is 2.10. The van der Waals surface area contributed by atoms with Gasteiger partial charge in [0.1, 0.15) is 0 Å². The highest BCUT2D eigenvalue weighted by atomic mass is 16.2. The molecule has 1 unspecified atom stereocenters. The second kappa shape index (κ2) is 5.61. The Morgan fingerprint density at radius 1 is 1.53 bits per heavy atom. The van der Waals surface area contributed by atoms with Gasteiger partial charge in [0.15, 0.2) is 0 Å². The van der Waals surface area contributed by atoms with Gasteiger partial charge in [-0.25, -0.2) is 0 Å². The van der Waals surface area contributed by atoms with Crippen LogP contribution in [-0.4, -0.2) is 48.9 Å². The molecule has 0 spiro atoms. The number of hydrogen-bond donors (Lipinski definition) is 1. The summed E-state index contributed by atoms with van der Waals surface area (Å²) in [4.78, 5) is 16.6. The Hall–Kier alpha value is -1.55. The number of nitrogens with two attached hydrogens (primary N) is 1. The lowest BCUT2D eigenvalue weighted by Gasteiger charge is -2.26. The number of nitrogen functional groups attached to an aromatic ring is 1. The first-order valence-corrected chi connectivity index (χ1v) is 6.81. The number of aryl methyl sites for hydroxylation is 1. The number of likely N-dealkylation sites (N-methyl/N-ethyl adjacent to an activating group) is 2. The van der Waals surface area contributed by atoms with Gasteiger partial charge >= 0.3 is 0 Å². The number of anilines is 1. The molecule has 1 atom stereocenters. The molecule has 1 aromatic rings. The molecule has 0 aliphatic carbocycles. The largest absolute Gasteiger partial charge is 0.398 e. The van der Waals surface area contributed by atoms with Gasteiger partial charge in [-0.2, -0.15) is 0 Å². The Morgan fingerprint density at radius 2 is 2.26 bits per heavy atom. The van der Waals surface area contributed by atoms with Gasteiger partial charge in [0, 0.05) is 25.3 Å². The summed E-state index contributed by atoms with van der Waals surface area (Å²) in [7, 11) is 3.98. The van der Waals surface area contributed by atoms with Gasteiger partial charge in [-0.3, -0.25) is 4.79 Å². The molecule has 1 amide bonds. The maximum Gasteiger partial charge on any atom is 0.256 e. The van der Waals surface area contributed by atoms with Crippen molar-refractivity contribution in [3.63, 3.8) is 0 Å². The van der Waals surface area contributed by atoms with Gasteiger partial charge in [-0.15, -0.1) is 0 Å². The molecule has 1 aromatic carbocycles. The molecular formula is C15H23N3O. The number of nitrogens with zero attached hydrogens (tertiary/aromatic N) is 2. The highest BCUT2D eigenvalue weighted by molar-refractivity contribution is 6.00. The maximum absolute atomic E-state index is 12.5. The van der Waals surface area contributed by atoms with E-state index in [-0.39, 0.29) is 5.91 Å². The number of carbonyl (C=O) groups excluding carboxylic acids is 1. The Kier molecular flexibility index (Phi) is 4.10. The van der Waals surface area contributed by atoms with Crippen LogP contribution in [0.25, 0.3) is 0 Å². The first-order chi connectivity index (χ1) is 9.00. The van der Waals surface area contributed by atoms with Gasteiger partial charge in [0.05, 0.1) is 5.56 Å². The first-order valence-electron chi connectivity index (χ1n) is 6.81. The fraction of sp³-hybridized carbons (Fsp3) is 0.533. The maximum atomic E-state index is 12.5. The summed E-state index contributed by atoms with van der Waals surface area (Å²) in [6.07, 6.45) is 2.38. The zero-order valence-corrected chi connectivity index (χ0v) is 12.0. The van der Waals surface area contributed by atoms with E-state index in [9.17, 15) is 4.79 Å². The van der Waals surface area contributed by atoms with Gasteiger partial charge in [0.25, 0.3) is 5.91 Å². The number of benzene rings is 1. The summed E-state index contributed by atoms with van der Waals surface area (Å²) < 4.78 is 0. The molecule has 0 saturated carbocycles. The van der Waals surface area contributed by atoms with E-state index in [1.54, 1.807) is 11.0 Å². The zero-order chi connectivity index (χ0) is 14.0. The van der Waals surface area contributed by atoms with Crippen molar-refractivity contribution >= 4 is 11.6 Å². The Bertz CT molecular complexity index is 452. The Morgan fingerprint density at radius 3 is 2.84 bits per heavy atom. The molecule has 104 valence electrons. The monoisotopic (exact) mass is 261 g/mol. The van der Waals surface area contributed by atoms with E-state index >= 15 is 0 Å². The van der Waals surface area contributed by atoms with Crippen LogP contribution in [0.5, 0.6) is 0 Å². The Labute approximate surface area is 115 Å². The number of likely N-dealkylation sites (tertiary alicyclic amines) is 1. The molecule has 19 heavy (non-hydrogen) atoms. The lowest BCUT2D eigenvalue weighted by Crippen LogP contribution is -2.39. The van der Waals surface area contributed by atoms with Crippen molar-refractivity contribution in [3.8, 4) is 0 Å². The molecule has 1 aliphatic rings. The summed E-state index contributed by atoms with van der Waals surface area (Å²) in [5, 5.41) is 0. The van der Waals surface area contributed by atoms with E-state index in [0.717, 1.165) is 25.1 Å². The third-order valence-electron chi connectivity index (χ3n) is 4.02. The lowest BCUT2D eigenvalue weighted by atomic mass is 10.1. The summed E-state index contributed by atoms with van der Waals surface area (Å²) in [6, 6.07) is 6.07. The number of hydrogen-bond acceptors (Lipinski definition) is 3. The van der Waals surface area contributed by atoms with Gasteiger partial charge in [0.2, 0.25) is 0 Å². The summed E-state index contributed by atoms with van der Waals surface area (Å²) >= 11 is 0. The zero-order valence-electron chi connectivity index (χ0n) is 12.0. The minimum Gasteiger partial charge on any atom is -0.398 e. The van der Waals surface area contributed by atoms with Crippen LogP contribution in [0.2, 0.25) is 0 Å². The molecule has 0 bridgehead atoms. The van der Waals surface area contributed by atoms with E-state index in [4.69, 9.17) is 5.73 Å². The van der Waals surface area contributed by atoms with E-state index in [2.05, 4.69) is 11.9 Å². The van der Waals surface area contributed by atoms with Crippen molar-refractivity contribution < 1.29 is 4.79 Å². The predicted octanol–water partition coefficient (Wildman–Crippen LogP) is 1.74. The van der Waals surface area contributed by atoms with Crippen LogP contribution in [0.15, 0.2) is 18.2 Å². The molecule has 1 saturated heterocycles. The minimum absolute atomic E-state index is 0.0240. The second-order valence-corrected chi connectivity index (χ2v) is 5.50. The van der Waals surface area contributed by atoms with Crippen LogP contribution < -0.4 is 5.73 Å². The highest BCUT2D eigenvalue weighted by Gasteiger charge is 2.25. The number of amides is 1. The summed E-state index contributed by atoms with van der Waals surface area (Å²) in [5.74, 6) is 0.0240. The van der Waals surface area contributed by atoms with Crippen LogP contribution in [0.1, 0.15) is 28.8 Å². The van der Waals surface area contributed by atoms with E-state index < -0.39 is 0 Å². The molecule has 1 heterocycles. The third kappa shape index (κ3) is 2.89. The summed E-state index contributed by atoms with van der Waals surface area (Å²) in [5.41, 5.74) is 8.09. The first kappa shape index (κ1) is 13.9. The van der Waals surface area contributed by atoms with Crippen molar-refractivity contribution in [1.29, 1.82) is 0 Å². The van der Waals surface area contributed by atoms with Gasteiger partial charge < -0.3 is 15.5 Å². The molecule has 1 fully saturated rings. The van der Waals surface area contributed by atoms with E-state index in [0.29, 0.717) is 17.3 Å². The lowest BCUT2D eigenvalue weighted by molar-refractivity contribution is 0.0762. The molecule has 2 rings (SSSR count). The van der Waals surface area contributed by atoms with Crippen LogP contribution in [0, 0.1) is 6.92 Å². The van der Waals surface area contributed by atoms with E-state index in [1.807, 2.05) is 26.1 Å². The minimum atomic E-state index is 0.0240. The standard InChI is InChI=1S/C15H23N3O/c1-11-6-4-8-13(16)14(11)15(19)18(3)10-12-7-5-9-17(12)2/h4,6,8,12H,5,7,9-10,16H2,1-3H3. The molecule has 4 nitrogen and oxygen atoms in total. The predicted molar refractivity (Wildman–Crippen MR) is 78.2 cm³/mol. The van der Waals surface area contributed by atoms with Crippen molar-refractivity contribution in [1.82, 2.24) is 9.80 Å². The molecule has 1 aliphatic heterocycles. The third-order valence-corrected chi connectivity index (χ3v) is 4.02. The van der Waals surface area contributed by atoms with Crippen molar-refractivity contribution in [3.05, 3.63) is 29.3 Å². The molecule has 2 N–H and O–H groups in total. The van der Waals surface area contributed by atoms with Gasteiger partial charge in [-0.1, -0.05) is 12.1 Å². The van der Waals surface area contributed by atoms with Crippen molar-refractivity contribution in [2.45, 2.75) is 25.8 Å². The fourth-order valence-corrected chi connectivity index (χ4v) is 2.78. The average Bonchev–Trinajstić information content (AvgIpc) is 2.74. The van der Waals surface area contributed by atoms with Gasteiger partial charge in [-0.05, 0) is 45.0 Å².